The Kier molecular flexibility index (Phi) is 33.8. The lowest BCUT2D eigenvalue weighted by Gasteiger charge is -2.38. The van der Waals surface area contributed by atoms with Crippen molar-refractivity contribution in [3.05, 3.63) is 85.1 Å². The summed E-state index contributed by atoms with van der Waals surface area (Å²) >= 11 is 0. The zero-order chi connectivity index (χ0) is 43.2. The molecule has 1 fully saturated rings. The summed E-state index contributed by atoms with van der Waals surface area (Å²) in [5.41, 5.74) is 0. The number of rotatable bonds is 35. The van der Waals surface area contributed by atoms with Gasteiger partial charge in [-0.25, -0.2) is 4.79 Å². The van der Waals surface area contributed by atoms with Gasteiger partial charge in [0.25, 0.3) is 0 Å². The molecule has 0 radical (unpaired) electrons. The van der Waals surface area contributed by atoms with E-state index in [0.717, 1.165) is 77.0 Å². The van der Waals surface area contributed by atoms with E-state index in [1.165, 1.54) is 25.7 Å². The summed E-state index contributed by atoms with van der Waals surface area (Å²) in [6, 6.07) is 0. The first kappa shape index (κ1) is 53.4. The maximum Gasteiger partial charge on any atom is 0.335 e. The van der Waals surface area contributed by atoms with Gasteiger partial charge in [-0.3, -0.25) is 9.59 Å². The molecule has 1 aliphatic heterocycles. The number of ether oxygens (including phenoxy) is 4. The number of unbranched alkanes of at least 4 members (excludes halogenated alkanes) is 10. The fourth-order valence-corrected chi connectivity index (χ4v) is 6.00. The quantitative estimate of drug-likeness (QED) is 0.0273. The van der Waals surface area contributed by atoms with Crippen molar-refractivity contribution in [3.63, 3.8) is 0 Å². The summed E-state index contributed by atoms with van der Waals surface area (Å²) in [5.74, 6) is -2.55. The number of esters is 2. The molecule has 59 heavy (non-hydrogen) atoms. The molecule has 334 valence electrons. The minimum atomic E-state index is -1.87. The summed E-state index contributed by atoms with van der Waals surface area (Å²) in [5, 5.41) is 39.8. The van der Waals surface area contributed by atoms with Gasteiger partial charge < -0.3 is 39.4 Å². The predicted molar refractivity (Wildman–Crippen MR) is 233 cm³/mol. The van der Waals surface area contributed by atoms with Crippen LogP contribution in [0, 0.1) is 0 Å². The van der Waals surface area contributed by atoms with E-state index < -0.39 is 61.3 Å². The lowest BCUT2D eigenvalue weighted by Crippen LogP contribution is -2.60. The van der Waals surface area contributed by atoms with Crippen molar-refractivity contribution in [2.75, 3.05) is 13.2 Å². The van der Waals surface area contributed by atoms with Gasteiger partial charge in [0.1, 0.15) is 24.9 Å². The number of carboxylic acid groups (broad SMARTS) is 1. The van der Waals surface area contributed by atoms with E-state index in [4.69, 9.17) is 18.9 Å². The van der Waals surface area contributed by atoms with Crippen LogP contribution in [0.1, 0.15) is 149 Å². The molecule has 6 atom stereocenters. The van der Waals surface area contributed by atoms with Gasteiger partial charge in [-0.1, -0.05) is 137 Å². The molecule has 0 saturated carbocycles. The summed E-state index contributed by atoms with van der Waals surface area (Å²) in [4.78, 5) is 36.8. The highest BCUT2D eigenvalue weighted by Crippen LogP contribution is 2.23. The molecule has 0 bridgehead atoms. The summed E-state index contributed by atoms with van der Waals surface area (Å²) in [7, 11) is 0. The first-order chi connectivity index (χ1) is 28.7. The normalized spacial score (nSPS) is 20.7. The van der Waals surface area contributed by atoms with Crippen LogP contribution in [-0.4, -0.2) is 88.4 Å². The summed E-state index contributed by atoms with van der Waals surface area (Å²) < 4.78 is 21.6. The van der Waals surface area contributed by atoms with Gasteiger partial charge in [0.05, 0.1) is 6.61 Å². The summed E-state index contributed by atoms with van der Waals surface area (Å²) in [6.07, 6.45) is 39.2. The Hall–Kier alpha value is -3.61. The van der Waals surface area contributed by atoms with E-state index in [1.807, 2.05) is 12.2 Å². The Bertz CT molecular complexity index is 1300. The molecule has 0 aliphatic carbocycles. The Morgan fingerprint density at radius 3 is 1.56 bits per heavy atom. The van der Waals surface area contributed by atoms with Crippen LogP contribution in [0.3, 0.4) is 0 Å². The SMILES string of the molecule is CC/C=C\C/C=C\C/C=C\C/C=C\C/C=C\CCCC(=O)OCC(COC1OC(C(=O)O)C(O)C(O)C1O)OC(=O)CCCCCCC/C=C\C/C=C\CCCCCC. The van der Waals surface area contributed by atoms with Crippen molar-refractivity contribution >= 4 is 17.9 Å². The van der Waals surface area contributed by atoms with Crippen LogP contribution < -0.4 is 0 Å². The number of carboxylic acids is 1. The summed E-state index contributed by atoms with van der Waals surface area (Å²) in [6.45, 7) is 3.60. The topological polar surface area (TPSA) is 169 Å². The minimum Gasteiger partial charge on any atom is -0.479 e. The van der Waals surface area contributed by atoms with E-state index in [0.29, 0.717) is 19.3 Å². The number of aliphatic hydroxyl groups is 3. The van der Waals surface area contributed by atoms with Crippen molar-refractivity contribution in [2.24, 2.45) is 0 Å². The molecule has 0 spiro atoms. The molecule has 6 unspecified atom stereocenters. The molecular weight excluding hydrogens is 753 g/mol. The van der Waals surface area contributed by atoms with Crippen molar-refractivity contribution in [2.45, 2.75) is 185 Å². The van der Waals surface area contributed by atoms with Crippen LogP contribution in [0.15, 0.2) is 85.1 Å². The maximum atomic E-state index is 12.8. The predicted octanol–water partition coefficient (Wildman–Crippen LogP) is 9.48. The van der Waals surface area contributed by atoms with Crippen LogP contribution in [0.5, 0.6) is 0 Å². The first-order valence-electron chi connectivity index (χ1n) is 22.1. The van der Waals surface area contributed by atoms with E-state index in [1.54, 1.807) is 0 Å². The van der Waals surface area contributed by atoms with Crippen molar-refractivity contribution in [1.82, 2.24) is 0 Å². The highest BCUT2D eigenvalue weighted by atomic mass is 16.7. The monoisotopic (exact) mass is 829 g/mol. The zero-order valence-electron chi connectivity index (χ0n) is 36.0. The second kappa shape index (κ2) is 37.4. The molecular formula is C48H76O11. The number of carbonyl (C=O) groups is 3. The van der Waals surface area contributed by atoms with E-state index >= 15 is 0 Å². The van der Waals surface area contributed by atoms with Gasteiger partial charge in [-0.2, -0.15) is 0 Å². The van der Waals surface area contributed by atoms with Crippen LogP contribution in [0.25, 0.3) is 0 Å². The molecule has 1 rings (SSSR count). The van der Waals surface area contributed by atoms with Crippen LogP contribution >= 0.6 is 0 Å². The Morgan fingerprint density at radius 2 is 1.02 bits per heavy atom. The highest BCUT2D eigenvalue weighted by Gasteiger charge is 2.47. The van der Waals surface area contributed by atoms with Crippen molar-refractivity contribution in [3.8, 4) is 0 Å². The second-order valence-corrected chi connectivity index (χ2v) is 14.8. The van der Waals surface area contributed by atoms with E-state index in [-0.39, 0.29) is 19.4 Å². The zero-order valence-corrected chi connectivity index (χ0v) is 36.0. The number of aliphatic carboxylic acids is 1. The van der Waals surface area contributed by atoms with Gasteiger partial charge in [0.15, 0.2) is 18.5 Å². The largest absolute Gasteiger partial charge is 0.479 e. The third-order valence-electron chi connectivity index (χ3n) is 9.48. The third-order valence-corrected chi connectivity index (χ3v) is 9.48. The Morgan fingerprint density at radius 1 is 0.542 bits per heavy atom. The highest BCUT2D eigenvalue weighted by molar-refractivity contribution is 5.73. The molecule has 0 aromatic heterocycles. The standard InChI is InChI=1S/C48H76O11/c1-3-5-7-9-11-13-15-17-19-21-23-24-26-28-30-32-34-36-41(49)56-38-40(39-57-48-45(53)43(51)44(52)46(59-48)47(54)55)58-42(50)37-35-33-31-29-27-25-22-20-18-16-14-12-10-8-6-4-2/h5,7,11,13-14,16-17,19-20,22-24,28,30,40,43-46,48,51-53H,3-4,6,8-10,12,15,18,21,25-27,29,31-39H2,1-2H3,(H,54,55)/b7-5-,13-11-,16-14-,19-17-,22-20-,24-23-,30-28-. The molecule has 1 saturated heterocycles. The van der Waals surface area contributed by atoms with Gasteiger partial charge in [0, 0.05) is 12.8 Å². The molecule has 0 aromatic rings. The fraction of sp³-hybridized carbons (Fsp3) is 0.646. The van der Waals surface area contributed by atoms with Crippen molar-refractivity contribution in [1.29, 1.82) is 0 Å². The molecule has 0 aromatic carbocycles. The lowest BCUT2D eigenvalue weighted by atomic mass is 9.99. The number of hydrogen-bond acceptors (Lipinski definition) is 10. The molecule has 4 N–H and O–H groups in total. The van der Waals surface area contributed by atoms with Crippen LogP contribution in [0.4, 0.5) is 0 Å². The van der Waals surface area contributed by atoms with E-state index in [9.17, 15) is 34.8 Å². The molecule has 0 amide bonds. The smallest absolute Gasteiger partial charge is 0.335 e. The third kappa shape index (κ3) is 29.3. The fourth-order valence-electron chi connectivity index (χ4n) is 6.00. The van der Waals surface area contributed by atoms with Gasteiger partial charge in [0.2, 0.25) is 0 Å². The van der Waals surface area contributed by atoms with Gasteiger partial charge in [-0.05, 0) is 83.5 Å². The van der Waals surface area contributed by atoms with Gasteiger partial charge >= 0.3 is 17.9 Å². The molecule has 11 heteroatoms. The lowest BCUT2D eigenvalue weighted by molar-refractivity contribution is -0.298. The Labute approximate surface area is 354 Å². The maximum absolute atomic E-state index is 12.8. The average Bonchev–Trinajstić information content (AvgIpc) is 3.22. The minimum absolute atomic E-state index is 0.149. The molecule has 1 aliphatic rings. The van der Waals surface area contributed by atoms with E-state index in [2.05, 4.69) is 86.8 Å². The molecule has 1 heterocycles. The van der Waals surface area contributed by atoms with Crippen molar-refractivity contribution < 1.29 is 53.8 Å². The molecule has 11 nitrogen and oxygen atoms in total. The number of carbonyl (C=O) groups excluding carboxylic acids is 2. The number of hydrogen-bond donors (Lipinski definition) is 4. The average molecular weight is 829 g/mol. The Balaban J connectivity index is 2.44. The van der Waals surface area contributed by atoms with Crippen LogP contribution in [0.2, 0.25) is 0 Å². The van der Waals surface area contributed by atoms with Gasteiger partial charge in [-0.15, -0.1) is 0 Å². The number of aliphatic hydroxyl groups excluding tert-OH is 3. The van der Waals surface area contributed by atoms with Crippen LogP contribution in [-0.2, 0) is 33.3 Å². The number of allylic oxidation sites excluding steroid dienone is 14. The first-order valence-corrected chi connectivity index (χ1v) is 22.1. The second-order valence-electron chi connectivity index (χ2n) is 14.8.